The standard InChI is InChI=1S/C10H17NO4/c1-2-8(7-3-4-7)11(5-9(12)13)6-10(14)15/h7-8H,2-6H2,1H3,(H,12,13)(H,14,15). The van der Waals surface area contributed by atoms with Gasteiger partial charge >= 0.3 is 11.9 Å². The van der Waals surface area contributed by atoms with E-state index in [1.165, 1.54) is 0 Å². The fourth-order valence-electron chi connectivity index (χ4n) is 2.01. The number of hydrogen-bond acceptors (Lipinski definition) is 3. The van der Waals surface area contributed by atoms with Gasteiger partial charge in [-0.25, -0.2) is 0 Å². The second kappa shape index (κ2) is 5.11. The van der Waals surface area contributed by atoms with Crippen molar-refractivity contribution in [2.75, 3.05) is 13.1 Å². The van der Waals surface area contributed by atoms with Gasteiger partial charge < -0.3 is 10.2 Å². The number of carbonyl (C=O) groups is 2. The van der Waals surface area contributed by atoms with Gasteiger partial charge in [0.15, 0.2) is 0 Å². The van der Waals surface area contributed by atoms with Gasteiger partial charge in [-0.15, -0.1) is 0 Å². The van der Waals surface area contributed by atoms with Crippen molar-refractivity contribution in [3.63, 3.8) is 0 Å². The molecule has 0 bridgehead atoms. The van der Waals surface area contributed by atoms with Gasteiger partial charge in [0.1, 0.15) is 0 Å². The summed E-state index contributed by atoms with van der Waals surface area (Å²) < 4.78 is 0. The van der Waals surface area contributed by atoms with Gasteiger partial charge in [-0.3, -0.25) is 14.5 Å². The summed E-state index contributed by atoms with van der Waals surface area (Å²) in [5, 5.41) is 17.4. The molecule has 0 amide bonds. The Hall–Kier alpha value is -1.10. The van der Waals surface area contributed by atoms with Crippen molar-refractivity contribution in [2.45, 2.75) is 32.2 Å². The zero-order valence-electron chi connectivity index (χ0n) is 8.85. The average molecular weight is 215 g/mol. The molecule has 1 aliphatic rings. The molecule has 1 saturated carbocycles. The lowest BCUT2D eigenvalue weighted by Crippen LogP contribution is -2.43. The lowest BCUT2D eigenvalue weighted by Gasteiger charge is -2.28. The van der Waals surface area contributed by atoms with Gasteiger partial charge in [-0.1, -0.05) is 6.92 Å². The maximum atomic E-state index is 10.6. The van der Waals surface area contributed by atoms with Gasteiger partial charge in [0.25, 0.3) is 0 Å². The van der Waals surface area contributed by atoms with E-state index in [1.807, 2.05) is 6.92 Å². The summed E-state index contributed by atoms with van der Waals surface area (Å²) in [7, 11) is 0. The fourth-order valence-corrected chi connectivity index (χ4v) is 2.01. The average Bonchev–Trinajstić information content (AvgIpc) is 2.86. The van der Waals surface area contributed by atoms with E-state index in [0.29, 0.717) is 5.92 Å². The van der Waals surface area contributed by atoms with E-state index >= 15 is 0 Å². The minimum absolute atomic E-state index is 0.109. The highest BCUT2D eigenvalue weighted by molar-refractivity contribution is 5.72. The van der Waals surface area contributed by atoms with Crippen LogP contribution in [0.2, 0.25) is 0 Å². The van der Waals surface area contributed by atoms with Gasteiger partial charge in [-0.2, -0.15) is 0 Å². The van der Waals surface area contributed by atoms with Crippen LogP contribution in [0.1, 0.15) is 26.2 Å². The number of carboxylic acids is 2. The molecule has 1 aliphatic carbocycles. The van der Waals surface area contributed by atoms with E-state index in [4.69, 9.17) is 10.2 Å². The zero-order valence-corrected chi connectivity index (χ0v) is 8.85. The SMILES string of the molecule is CCC(C1CC1)N(CC(=O)O)CC(=O)O. The van der Waals surface area contributed by atoms with Gasteiger partial charge in [-0.05, 0) is 25.2 Å². The molecule has 0 radical (unpaired) electrons. The Bertz CT molecular complexity index is 234. The molecule has 5 nitrogen and oxygen atoms in total. The Morgan fingerprint density at radius 3 is 2.00 bits per heavy atom. The normalized spacial score (nSPS) is 17.7. The van der Waals surface area contributed by atoms with Gasteiger partial charge in [0, 0.05) is 6.04 Å². The molecule has 1 rings (SSSR count). The molecule has 1 atom stereocenters. The maximum Gasteiger partial charge on any atom is 0.317 e. The molecule has 2 N–H and O–H groups in total. The summed E-state index contributed by atoms with van der Waals surface area (Å²) in [6.07, 6.45) is 2.99. The predicted octanol–water partition coefficient (Wildman–Crippen LogP) is 0.646. The van der Waals surface area contributed by atoms with Crippen LogP contribution in [0.3, 0.4) is 0 Å². The van der Waals surface area contributed by atoms with Crippen LogP contribution in [0.5, 0.6) is 0 Å². The molecule has 0 heterocycles. The lowest BCUT2D eigenvalue weighted by molar-refractivity contribution is -0.143. The number of rotatable bonds is 7. The monoisotopic (exact) mass is 215 g/mol. The topological polar surface area (TPSA) is 77.8 Å². The Morgan fingerprint density at radius 1 is 1.27 bits per heavy atom. The molecular formula is C10H17NO4. The van der Waals surface area contributed by atoms with Crippen LogP contribution < -0.4 is 0 Å². The first-order valence-corrected chi connectivity index (χ1v) is 5.22. The van der Waals surface area contributed by atoms with Crippen molar-refractivity contribution in [2.24, 2.45) is 5.92 Å². The fraction of sp³-hybridized carbons (Fsp3) is 0.800. The number of hydrogen-bond donors (Lipinski definition) is 2. The quantitative estimate of drug-likeness (QED) is 0.651. The van der Waals surface area contributed by atoms with Crippen LogP contribution in [0, 0.1) is 5.92 Å². The summed E-state index contributed by atoms with van der Waals surface area (Å²) in [5.41, 5.74) is 0. The molecular weight excluding hydrogens is 198 g/mol. The minimum atomic E-state index is -0.963. The van der Waals surface area contributed by atoms with Crippen LogP contribution in [0.25, 0.3) is 0 Å². The smallest absolute Gasteiger partial charge is 0.317 e. The number of carboxylic acid groups (broad SMARTS) is 2. The van der Waals surface area contributed by atoms with Gasteiger partial charge in [0.2, 0.25) is 0 Å². The third-order valence-corrected chi connectivity index (χ3v) is 2.73. The third kappa shape index (κ3) is 3.87. The van der Waals surface area contributed by atoms with Crippen LogP contribution in [0.15, 0.2) is 0 Å². The molecule has 1 fully saturated rings. The molecule has 0 aliphatic heterocycles. The summed E-state index contributed by atoms with van der Waals surface area (Å²) in [4.78, 5) is 22.8. The van der Waals surface area contributed by atoms with Crippen LogP contribution in [0.4, 0.5) is 0 Å². The Morgan fingerprint density at radius 2 is 1.73 bits per heavy atom. The molecule has 1 unspecified atom stereocenters. The highest BCUT2D eigenvalue weighted by atomic mass is 16.4. The van der Waals surface area contributed by atoms with Crippen molar-refractivity contribution >= 4 is 11.9 Å². The first-order chi connectivity index (χ1) is 7.04. The van der Waals surface area contributed by atoms with Crippen molar-refractivity contribution in [1.82, 2.24) is 4.90 Å². The van der Waals surface area contributed by atoms with E-state index in [0.717, 1.165) is 19.3 Å². The summed E-state index contributed by atoms with van der Waals surface area (Å²) >= 11 is 0. The molecule has 5 heteroatoms. The maximum absolute atomic E-state index is 10.6. The summed E-state index contributed by atoms with van der Waals surface area (Å²) in [6.45, 7) is 1.61. The minimum Gasteiger partial charge on any atom is -0.480 e. The highest BCUT2D eigenvalue weighted by Crippen LogP contribution is 2.36. The molecule has 15 heavy (non-hydrogen) atoms. The Kier molecular flexibility index (Phi) is 4.08. The predicted molar refractivity (Wildman–Crippen MR) is 53.6 cm³/mol. The number of aliphatic carboxylic acids is 2. The largest absolute Gasteiger partial charge is 0.480 e. The zero-order chi connectivity index (χ0) is 11.4. The Balaban J connectivity index is 2.58. The molecule has 0 aromatic carbocycles. The summed E-state index contributed by atoms with van der Waals surface area (Å²) in [6, 6.07) is 0.109. The molecule has 0 saturated heterocycles. The van der Waals surface area contributed by atoms with Crippen molar-refractivity contribution in [3.05, 3.63) is 0 Å². The Labute approximate surface area is 88.7 Å². The second-order valence-electron chi connectivity index (χ2n) is 4.01. The highest BCUT2D eigenvalue weighted by Gasteiger charge is 2.35. The van der Waals surface area contributed by atoms with Crippen LogP contribution in [-0.2, 0) is 9.59 Å². The van der Waals surface area contributed by atoms with Crippen molar-refractivity contribution in [1.29, 1.82) is 0 Å². The van der Waals surface area contributed by atoms with Crippen LogP contribution >= 0.6 is 0 Å². The first-order valence-electron chi connectivity index (χ1n) is 5.22. The van der Waals surface area contributed by atoms with Gasteiger partial charge in [0.05, 0.1) is 13.1 Å². The van der Waals surface area contributed by atoms with Crippen molar-refractivity contribution in [3.8, 4) is 0 Å². The van der Waals surface area contributed by atoms with E-state index in [1.54, 1.807) is 4.90 Å². The lowest BCUT2D eigenvalue weighted by atomic mass is 10.1. The molecule has 0 spiro atoms. The van der Waals surface area contributed by atoms with E-state index in [-0.39, 0.29) is 19.1 Å². The van der Waals surface area contributed by atoms with Crippen molar-refractivity contribution < 1.29 is 19.8 Å². The molecule has 0 aromatic heterocycles. The van der Waals surface area contributed by atoms with E-state index in [2.05, 4.69) is 0 Å². The number of nitrogens with zero attached hydrogens (tertiary/aromatic N) is 1. The van der Waals surface area contributed by atoms with E-state index in [9.17, 15) is 9.59 Å². The first kappa shape index (κ1) is 12.0. The van der Waals surface area contributed by atoms with Crippen LogP contribution in [-0.4, -0.2) is 46.2 Å². The third-order valence-electron chi connectivity index (χ3n) is 2.73. The van der Waals surface area contributed by atoms with E-state index < -0.39 is 11.9 Å². The molecule has 0 aromatic rings. The second-order valence-corrected chi connectivity index (χ2v) is 4.01. The summed E-state index contributed by atoms with van der Waals surface area (Å²) in [5.74, 6) is -1.43. The molecule has 86 valence electrons.